The van der Waals surface area contributed by atoms with Gasteiger partial charge in [0.1, 0.15) is 11.5 Å². The molecule has 2 aromatic rings. The second-order valence-corrected chi connectivity index (χ2v) is 7.73. The van der Waals surface area contributed by atoms with Crippen molar-refractivity contribution in [1.29, 1.82) is 0 Å². The number of hydrazone groups is 1. The maximum absolute atomic E-state index is 13.2. The zero-order valence-corrected chi connectivity index (χ0v) is 15.6. The molecule has 0 bridgehead atoms. The molecule has 0 radical (unpaired) electrons. The van der Waals surface area contributed by atoms with Crippen LogP contribution in [-0.4, -0.2) is 16.6 Å². The number of furan rings is 1. The highest BCUT2D eigenvalue weighted by Gasteiger charge is 2.37. The number of nitrogens with zero attached hydrogens (tertiary/aromatic N) is 2. The summed E-state index contributed by atoms with van der Waals surface area (Å²) in [5.41, 5.74) is 1.95. The first kappa shape index (κ1) is 16.6. The molecular weight excluding hydrogens is 380 g/mol. The Hall–Kier alpha value is -1.88. The van der Waals surface area contributed by atoms with Gasteiger partial charge in [-0.2, -0.15) is 5.10 Å². The average molecular weight is 401 g/mol. The lowest BCUT2D eigenvalue weighted by molar-refractivity contribution is -0.138. The molecule has 0 N–H and O–H groups in total. The monoisotopic (exact) mass is 400 g/mol. The second kappa shape index (κ2) is 7.16. The third-order valence-electron chi connectivity index (χ3n) is 5.13. The summed E-state index contributed by atoms with van der Waals surface area (Å²) in [5.74, 6) is 1.01. The Morgan fingerprint density at radius 1 is 1.16 bits per heavy atom. The second-order valence-electron chi connectivity index (χ2n) is 6.82. The molecule has 1 saturated carbocycles. The van der Waals surface area contributed by atoms with Crippen LogP contribution in [0.3, 0.4) is 0 Å². The van der Waals surface area contributed by atoms with Crippen molar-refractivity contribution in [3.05, 3.63) is 58.5 Å². The van der Waals surface area contributed by atoms with Crippen LogP contribution < -0.4 is 0 Å². The summed E-state index contributed by atoms with van der Waals surface area (Å²) >= 11 is 3.54. The third-order valence-corrected chi connectivity index (χ3v) is 5.62. The standard InChI is InChI=1S/C20H21BrN2O2/c21-16-9-4-8-15(12-16)18-13-17(19-10-5-11-25-19)22-23(18)20(24)14-6-2-1-3-7-14/h4-5,8-12,14,18H,1-3,6-7,13H2/t18-/m0/s1. The summed E-state index contributed by atoms with van der Waals surface area (Å²) in [6, 6.07) is 11.9. The van der Waals surface area contributed by atoms with Gasteiger partial charge >= 0.3 is 0 Å². The van der Waals surface area contributed by atoms with Crippen LogP contribution in [0, 0.1) is 5.92 Å². The van der Waals surface area contributed by atoms with E-state index in [0.717, 1.165) is 47.2 Å². The van der Waals surface area contributed by atoms with Gasteiger partial charge in [0.2, 0.25) is 5.91 Å². The number of carbonyl (C=O) groups is 1. The van der Waals surface area contributed by atoms with E-state index in [4.69, 9.17) is 4.42 Å². The highest BCUT2D eigenvalue weighted by molar-refractivity contribution is 9.10. The SMILES string of the molecule is O=C(C1CCCCC1)N1N=C(c2ccco2)C[C@H]1c1cccc(Br)c1. The van der Waals surface area contributed by atoms with Crippen molar-refractivity contribution in [1.82, 2.24) is 5.01 Å². The first-order valence-corrected chi connectivity index (χ1v) is 9.71. The maximum Gasteiger partial charge on any atom is 0.246 e. The lowest BCUT2D eigenvalue weighted by Gasteiger charge is -2.28. The molecule has 1 aromatic carbocycles. The molecular formula is C20H21BrN2O2. The van der Waals surface area contributed by atoms with Crippen LogP contribution in [0.5, 0.6) is 0 Å². The van der Waals surface area contributed by atoms with E-state index in [1.807, 2.05) is 24.3 Å². The Morgan fingerprint density at radius 3 is 2.72 bits per heavy atom. The molecule has 0 unspecified atom stereocenters. The predicted molar refractivity (Wildman–Crippen MR) is 100 cm³/mol. The van der Waals surface area contributed by atoms with Gasteiger partial charge in [0.25, 0.3) is 0 Å². The average Bonchev–Trinajstić information content (AvgIpc) is 3.31. The van der Waals surface area contributed by atoms with Crippen molar-refractivity contribution < 1.29 is 9.21 Å². The maximum atomic E-state index is 13.2. The van der Waals surface area contributed by atoms with Crippen molar-refractivity contribution in [2.45, 2.75) is 44.6 Å². The van der Waals surface area contributed by atoms with Gasteiger partial charge in [-0.3, -0.25) is 4.79 Å². The minimum Gasteiger partial charge on any atom is -0.463 e. The summed E-state index contributed by atoms with van der Waals surface area (Å²) in [6.45, 7) is 0. The van der Waals surface area contributed by atoms with E-state index < -0.39 is 0 Å². The zero-order chi connectivity index (χ0) is 17.2. The topological polar surface area (TPSA) is 45.8 Å². The molecule has 25 heavy (non-hydrogen) atoms. The number of benzene rings is 1. The Morgan fingerprint density at radius 2 is 2.00 bits per heavy atom. The van der Waals surface area contributed by atoms with Gasteiger partial charge in [-0.05, 0) is 42.7 Å². The highest BCUT2D eigenvalue weighted by atomic mass is 79.9. The fourth-order valence-corrected chi connectivity index (χ4v) is 4.23. The molecule has 1 fully saturated rings. The van der Waals surface area contributed by atoms with Gasteiger partial charge in [0.15, 0.2) is 0 Å². The number of hydrogen-bond donors (Lipinski definition) is 0. The van der Waals surface area contributed by atoms with Gasteiger partial charge in [-0.15, -0.1) is 0 Å². The quantitative estimate of drug-likeness (QED) is 0.701. The molecule has 4 rings (SSSR count). The number of halogens is 1. The van der Waals surface area contributed by atoms with Crippen LogP contribution >= 0.6 is 15.9 Å². The molecule has 2 heterocycles. The van der Waals surface area contributed by atoms with Crippen LogP contribution in [-0.2, 0) is 4.79 Å². The summed E-state index contributed by atoms with van der Waals surface area (Å²) < 4.78 is 6.54. The zero-order valence-electron chi connectivity index (χ0n) is 14.0. The number of carbonyl (C=O) groups excluding carboxylic acids is 1. The molecule has 0 saturated heterocycles. The number of rotatable bonds is 3. The molecule has 1 atom stereocenters. The Bertz CT molecular complexity index is 779. The largest absolute Gasteiger partial charge is 0.463 e. The molecule has 1 aromatic heterocycles. The van der Waals surface area contributed by atoms with Crippen molar-refractivity contribution in [3.8, 4) is 0 Å². The van der Waals surface area contributed by atoms with E-state index >= 15 is 0 Å². The fraction of sp³-hybridized carbons (Fsp3) is 0.400. The van der Waals surface area contributed by atoms with E-state index in [1.165, 1.54) is 6.42 Å². The number of amides is 1. The van der Waals surface area contributed by atoms with Gasteiger partial charge in [-0.25, -0.2) is 5.01 Å². The van der Waals surface area contributed by atoms with E-state index in [-0.39, 0.29) is 17.9 Å². The van der Waals surface area contributed by atoms with Crippen LogP contribution in [0.15, 0.2) is 56.7 Å². The van der Waals surface area contributed by atoms with Gasteiger partial charge in [0, 0.05) is 16.8 Å². The van der Waals surface area contributed by atoms with E-state index in [2.05, 4.69) is 33.2 Å². The molecule has 0 spiro atoms. The molecule has 2 aliphatic rings. The molecule has 1 aliphatic heterocycles. The van der Waals surface area contributed by atoms with Crippen LogP contribution in [0.2, 0.25) is 0 Å². The van der Waals surface area contributed by atoms with Crippen molar-refractivity contribution in [2.75, 3.05) is 0 Å². The van der Waals surface area contributed by atoms with Crippen molar-refractivity contribution >= 4 is 27.5 Å². The third kappa shape index (κ3) is 3.43. The summed E-state index contributed by atoms with van der Waals surface area (Å²) in [5, 5.41) is 6.40. The molecule has 130 valence electrons. The minimum atomic E-state index is -0.0629. The normalized spacial score (nSPS) is 21.4. The predicted octanol–water partition coefficient (Wildman–Crippen LogP) is 5.30. The van der Waals surface area contributed by atoms with Crippen LogP contribution in [0.4, 0.5) is 0 Å². The minimum absolute atomic E-state index is 0.0629. The van der Waals surface area contributed by atoms with Crippen LogP contribution in [0.25, 0.3) is 0 Å². The molecule has 1 aliphatic carbocycles. The molecule has 4 nitrogen and oxygen atoms in total. The molecule has 5 heteroatoms. The van der Waals surface area contributed by atoms with Crippen molar-refractivity contribution in [3.63, 3.8) is 0 Å². The van der Waals surface area contributed by atoms with Crippen molar-refractivity contribution in [2.24, 2.45) is 11.0 Å². The van der Waals surface area contributed by atoms with Gasteiger partial charge in [0.05, 0.1) is 12.3 Å². The van der Waals surface area contributed by atoms with Gasteiger partial charge in [-0.1, -0.05) is 47.3 Å². The fourth-order valence-electron chi connectivity index (χ4n) is 3.82. The number of hydrogen-bond acceptors (Lipinski definition) is 3. The first-order valence-electron chi connectivity index (χ1n) is 8.92. The van der Waals surface area contributed by atoms with Crippen LogP contribution in [0.1, 0.15) is 55.9 Å². The lowest BCUT2D eigenvalue weighted by Crippen LogP contribution is -2.33. The van der Waals surface area contributed by atoms with E-state index in [9.17, 15) is 4.79 Å². The summed E-state index contributed by atoms with van der Waals surface area (Å²) in [4.78, 5) is 13.2. The summed E-state index contributed by atoms with van der Waals surface area (Å²) in [7, 11) is 0. The Kier molecular flexibility index (Phi) is 4.75. The lowest BCUT2D eigenvalue weighted by atomic mass is 9.88. The summed E-state index contributed by atoms with van der Waals surface area (Å²) in [6.07, 6.45) is 7.80. The molecule has 1 amide bonds. The van der Waals surface area contributed by atoms with E-state index in [1.54, 1.807) is 11.3 Å². The smallest absolute Gasteiger partial charge is 0.246 e. The first-order chi connectivity index (χ1) is 12.2. The van der Waals surface area contributed by atoms with E-state index in [0.29, 0.717) is 6.42 Å². The Balaban J connectivity index is 1.66. The Labute approximate surface area is 156 Å². The van der Waals surface area contributed by atoms with Gasteiger partial charge < -0.3 is 4.42 Å². The highest BCUT2D eigenvalue weighted by Crippen LogP contribution is 2.37.